The summed E-state index contributed by atoms with van der Waals surface area (Å²) in [6.45, 7) is 11.0. The number of aromatic nitrogens is 2. The van der Waals surface area contributed by atoms with Crippen LogP contribution in [0, 0.1) is 5.92 Å². The largest absolute Gasteiger partial charge is 0.391 e. The molecule has 0 saturated heterocycles. The molecule has 10 atom stereocenters. The zero-order valence-corrected chi connectivity index (χ0v) is 58.8. The van der Waals surface area contributed by atoms with Crippen LogP contribution < -0.4 is 87.6 Å². The van der Waals surface area contributed by atoms with Crippen LogP contribution >= 0.6 is 0 Å². The number of H-pyrrole nitrogens is 1. The van der Waals surface area contributed by atoms with Crippen molar-refractivity contribution in [3.63, 3.8) is 0 Å². The summed E-state index contributed by atoms with van der Waals surface area (Å²) in [5.74, 6) is -8.78. The van der Waals surface area contributed by atoms with Crippen LogP contribution in [0.2, 0.25) is 0 Å². The first-order valence-electron chi connectivity index (χ1n) is 35.4. The van der Waals surface area contributed by atoms with E-state index in [4.69, 9.17) is 34.4 Å². The van der Waals surface area contributed by atoms with Crippen LogP contribution in [0.4, 0.5) is 0 Å². The molecule has 1 aromatic rings. The Balaban J connectivity index is 3.34. The van der Waals surface area contributed by atoms with E-state index in [9.17, 15) is 57.8 Å². The lowest BCUT2D eigenvalue weighted by atomic mass is 10.0. The summed E-state index contributed by atoms with van der Waals surface area (Å²) in [6.07, 6.45) is 20.0. The highest BCUT2D eigenvalue weighted by Gasteiger charge is 2.36. The van der Waals surface area contributed by atoms with Gasteiger partial charge in [0.25, 0.3) is 0 Å². The number of hydrogen-bond acceptors (Lipinski definition) is 17. The number of carbonyl (C=O) groups is 11. The van der Waals surface area contributed by atoms with Gasteiger partial charge in [0, 0.05) is 44.7 Å². The van der Waals surface area contributed by atoms with E-state index in [1.165, 1.54) is 97.5 Å². The molecule has 0 unspecified atom stereocenters. The molecular formula is C66H123N19O12. The number of aliphatic hydroxyl groups is 1. The van der Waals surface area contributed by atoms with E-state index in [0.717, 1.165) is 25.7 Å². The van der Waals surface area contributed by atoms with Gasteiger partial charge in [0.15, 0.2) is 5.96 Å². The van der Waals surface area contributed by atoms with Crippen molar-refractivity contribution in [1.29, 1.82) is 0 Å². The highest BCUT2D eigenvalue weighted by molar-refractivity contribution is 5.98. The molecule has 0 aliphatic rings. The van der Waals surface area contributed by atoms with E-state index in [0.29, 0.717) is 57.3 Å². The SMILES string of the molecule is CCCCCCCCCCCCCCCCNC(=O)[C@@H](NC(=O)[C@H](CCCCN)NC(=O)[C@H](CC(C)C)NC(=O)[C@H](C)NC(=O)[C@H](CCCCN)NC(=O)[C@H](CCCN=C(N)N)NC(=O)[C@H](CCCCN)NC(=O)[C@H](CCC(N)=O)NC(=O)[C@H](Cc1cnc[nH]1)NC(C)=O)[C@@H](C)O. The average Bonchev–Trinajstić information content (AvgIpc) is 2.12. The number of nitrogens with one attached hydrogen (secondary N) is 11. The van der Waals surface area contributed by atoms with Crippen LogP contribution in [0.3, 0.4) is 0 Å². The number of primary amides is 1. The molecule has 0 fully saturated rings. The molecule has 0 saturated carbocycles. The summed E-state index contributed by atoms with van der Waals surface area (Å²) >= 11 is 0. The summed E-state index contributed by atoms with van der Waals surface area (Å²) in [7, 11) is 0. The molecule has 31 heteroatoms. The lowest BCUT2D eigenvalue weighted by molar-refractivity contribution is -0.136. The standard InChI is InChI=1S/C66H123N19O12/c1-7-8-9-10-11-12-13-14-15-16-17-18-19-26-37-74-65(97)56(45(5)86)85-62(94)50(30-22-25-36-69)82-63(95)53(39-43(2)3)84-57(89)44(4)77-58(90)48(28-20-23-34-67)79-60(92)51(31-27-38-75-66(71)72)81-59(91)49(29-21-24-35-68)80-61(93)52(32-33-55(70)88)83-64(96)54(78-46(6)87)40-47-41-73-42-76-47/h41-45,48-54,56,86H,7-40,67-69H2,1-6H3,(H2,70,88)(H,73,76)(H,74,97)(H,77,90)(H,78,87)(H,79,92)(H,80,93)(H,81,91)(H,82,95)(H,83,96)(H,84,89)(H,85,94)(H4,71,72,75)/t44-,45+,48-,49-,50-,51-,52-,53-,54-,56-/m0/s1. The summed E-state index contributed by atoms with van der Waals surface area (Å²) in [6, 6.07) is -11.8. The highest BCUT2D eigenvalue weighted by atomic mass is 16.3. The van der Waals surface area contributed by atoms with Gasteiger partial charge in [0.1, 0.15) is 54.4 Å². The van der Waals surface area contributed by atoms with Gasteiger partial charge < -0.3 is 97.7 Å². The average molecular weight is 1370 g/mol. The molecule has 1 heterocycles. The van der Waals surface area contributed by atoms with E-state index in [1.54, 1.807) is 0 Å². The number of nitrogens with zero attached hydrogens (tertiary/aromatic N) is 2. The molecule has 1 aromatic heterocycles. The van der Waals surface area contributed by atoms with E-state index < -0.39 is 125 Å². The number of unbranched alkanes of at least 4 members (excludes halogenated alkanes) is 16. The smallest absolute Gasteiger partial charge is 0.245 e. The quantitative estimate of drug-likeness (QED) is 0.0233. The summed E-state index contributed by atoms with van der Waals surface area (Å²) in [5.41, 5.74) is 34.5. The normalized spacial score (nSPS) is 14.3. The van der Waals surface area contributed by atoms with Gasteiger partial charge in [0.05, 0.1) is 12.4 Å². The van der Waals surface area contributed by atoms with Crippen molar-refractivity contribution in [3.8, 4) is 0 Å². The topological polar surface area (TPSA) is 525 Å². The van der Waals surface area contributed by atoms with Crippen LogP contribution in [0.25, 0.3) is 0 Å². The Hall–Kier alpha value is -7.51. The number of aliphatic imine (C=N–C) groups is 1. The molecule has 554 valence electrons. The lowest BCUT2D eigenvalue weighted by Crippen LogP contribution is -2.60. The molecule has 0 radical (unpaired) electrons. The van der Waals surface area contributed by atoms with Crippen molar-refractivity contribution in [2.24, 2.45) is 45.3 Å². The number of guanidine groups is 1. The van der Waals surface area contributed by atoms with Crippen molar-refractivity contribution in [2.45, 2.75) is 288 Å². The molecule has 24 N–H and O–H groups in total. The number of aliphatic hydroxyl groups excluding tert-OH is 1. The second-order valence-corrected chi connectivity index (χ2v) is 25.7. The molecular weight excluding hydrogens is 1250 g/mol. The van der Waals surface area contributed by atoms with Crippen molar-refractivity contribution in [1.82, 2.24) is 63.1 Å². The Bertz CT molecular complexity index is 2500. The number of hydrogen-bond donors (Lipinski definition) is 18. The van der Waals surface area contributed by atoms with Crippen LogP contribution in [0.5, 0.6) is 0 Å². The Morgan fingerprint density at radius 1 is 0.474 bits per heavy atom. The molecule has 31 nitrogen and oxygen atoms in total. The zero-order chi connectivity index (χ0) is 72.5. The lowest BCUT2D eigenvalue weighted by Gasteiger charge is -2.28. The predicted octanol–water partition coefficient (Wildman–Crippen LogP) is 0.0857. The fourth-order valence-electron chi connectivity index (χ4n) is 10.7. The molecule has 1 rings (SSSR count). The maximum absolute atomic E-state index is 14.5. The minimum Gasteiger partial charge on any atom is -0.391 e. The van der Waals surface area contributed by atoms with Crippen LogP contribution in [-0.4, -0.2) is 179 Å². The second-order valence-electron chi connectivity index (χ2n) is 25.7. The molecule has 0 bridgehead atoms. The van der Waals surface area contributed by atoms with Crippen LogP contribution in [-0.2, 0) is 59.2 Å². The van der Waals surface area contributed by atoms with Crippen molar-refractivity contribution >= 4 is 70.9 Å². The number of aromatic amines is 1. The monoisotopic (exact) mass is 1370 g/mol. The van der Waals surface area contributed by atoms with Gasteiger partial charge in [-0.25, -0.2) is 4.98 Å². The Kier molecular flexibility index (Phi) is 47.4. The third-order valence-electron chi connectivity index (χ3n) is 16.3. The Morgan fingerprint density at radius 3 is 1.28 bits per heavy atom. The number of rotatable bonds is 57. The second kappa shape index (κ2) is 52.6. The first-order chi connectivity index (χ1) is 46.3. The van der Waals surface area contributed by atoms with Gasteiger partial charge >= 0.3 is 0 Å². The minimum atomic E-state index is -1.45. The van der Waals surface area contributed by atoms with E-state index in [-0.39, 0.29) is 89.3 Å². The van der Waals surface area contributed by atoms with Crippen molar-refractivity contribution in [3.05, 3.63) is 18.2 Å². The van der Waals surface area contributed by atoms with Crippen molar-refractivity contribution in [2.75, 3.05) is 32.7 Å². The van der Waals surface area contributed by atoms with Gasteiger partial charge in [-0.3, -0.25) is 57.7 Å². The molecule has 0 spiro atoms. The number of imidazole rings is 1. The number of nitrogens with two attached hydrogens (primary N) is 6. The summed E-state index contributed by atoms with van der Waals surface area (Å²) < 4.78 is 0. The Labute approximate surface area is 574 Å². The fourth-order valence-corrected chi connectivity index (χ4v) is 10.7. The maximum atomic E-state index is 14.5. The van der Waals surface area contributed by atoms with E-state index in [1.807, 2.05) is 13.8 Å². The third-order valence-corrected chi connectivity index (χ3v) is 16.3. The zero-order valence-electron chi connectivity index (χ0n) is 58.8. The fraction of sp³-hybridized carbons (Fsp3) is 0.773. The van der Waals surface area contributed by atoms with Crippen LogP contribution in [0.1, 0.15) is 227 Å². The van der Waals surface area contributed by atoms with Gasteiger partial charge in [-0.2, -0.15) is 0 Å². The molecule has 0 aliphatic heterocycles. The first-order valence-corrected chi connectivity index (χ1v) is 35.4. The predicted molar refractivity (Wildman–Crippen MR) is 373 cm³/mol. The number of carbonyl (C=O) groups excluding carboxylic acids is 11. The summed E-state index contributed by atoms with van der Waals surface area (Å²) in [5, 5.41) is 37.4. The number of amides is 11. The van der Waals surface area contributed by atoms with Gasteiger partial charge in [-0.05, 0) is 129 Å². The molecule has 0 aliphatic carbocycles. The van der Waals surface area contributed by atoms with E-state index in [2.05, 4.69) is 75.1 Å². The molecule has 0 aromatic carbocycles. The van der Waals surface area contributed by atoms with Crippen LogP contribution in [0.15, 0.2) is 17.5 Å². The van der Waals surface area contributed by atoms with E-state index >= 15 is 0 Å². The highest BCUT2D eigenvalue weighted by Crippen LogP contribution is 2.15. The van der Waals surface area contributed by atoms with Crippen molar-refractivity contribution < 1.29 is 57.8 Å². The van der Waals surface area contributed by atoms with Gasteiger partial charge in [-0.1, -0.05) is 104 Å². The maximum Gasteiger partial charge on any atom is 0.245 e. The Morgan fingerprint density at radius 2 is 0.876 bits per heavy atom. The molecule has 97 heavy (non-hydrogen) atoms. The van der Waals surface area contributed by atoms with Gasteiger partial charge in [-0.15, -0.1) is 0 Å². The first kappa shape index (κ1) is 87.5. The minimum absolute atomic E-state index is 0.0134. The summed E-state index contributed by atoms with van der Waals surface area (Å²) in [4.78, 5) is 162. The molecule has 11 amide bonds. The third kappa shape index (κ3) is 40.7. The van der Waals surface area contributed by atoms with Gasteiger partial charge in [0.2, 0.25) is 65.0 Å².